The molecule has 0 aromatic carbocycles. The van der Waals surface area contributed by atoms with Crippen LogP contribution in [0.2, 0.25) is 0 Å². The molecule has 0 aliphatic carbocycles. The second-order valence-electron chi connectivity index (χ2n) is 1.77. The first kappa shape index (κ1) is 16.4. The lowest BCUT2D eigenvalue weighted by Gasteiger charge is -1.86. The van der Waals surface area contributed by atoms with Crippen molar-refractivity contribution in [3.63, 3.8) is 0 Å². The van der Waals surface area contributed by atoms with Crippen LogP contribution in [0.25, 0.3) is 0 Å². The molecule has 0 spiro atoms. The number of hydrogen-bond acceptors (Lipinski definition) is 0. The Bertz CT molecular complexity index is 42.0. The van der Waals surface area contributed by atoms with E-state index in [1.54, 1.807) is 0 Å². The molecule has 0 rings (SSSR count). The van der Waals surface area contributed by atoms with Gasteiger partial charge in [-0.2, -0.15) is 0 Å². The van der Waals surface area contributed by atoms with Gasteiger partial charge >= 0.3 is 0 Å². The van der Waals surface area contributed by atoms with Crippen molar-refractivity contribution < 1.29 is 0 Å². The van der Waals surface area contributed by atoms with Crippen molar-refractivity contribution >= 4 is 0 Å². The van der Waals surface area contributed by atoms with Crippen LogP contribution >= 0.6 is 0 Å². The molecule has 0 radical (unpaired) electrons. The van der Waals surface area contributed by atoms with E-state index in [0.717, 1.165) is 5.92 Å². The van der Waals surface area contributed by atoms with E-state index in [2.05, 4.69) is 26.0 Å². The van der Waals surface area contributed by atoms with Crippen LogP contribution in [0.4, 0.5) is 0 Å². The fourth-order valence-electron chi connectivity index (χ4n) is 0.385. The molecule has 0 heterocycles. The van der Waals surface area contributed by atoms with Gasteiger partial charge in [0.25, 0.3) is 0 Å². The summed E-state index contributed by atoms with van der Waals surface area (Å²) in [6, 6.07) is 0. The minimum absolute atomic E-state index is 0.718. The monoisotopic (exact) mass is 144 g/mol. The minimum Gasteiger partial charge on any atom is -0.0914 e. The largest absolute Gasteiger partial charge is 0.0914 e. The lowest BCUT2D eigenvalue weighted by Crippen LogP contribution is -1.73. The molecule has 0 amide bonds. The third-order valence-corrected chi connectivity index (χ3v) is 0.577. The van der Waals surface area contributed by atoms with Gasteiger partial charge in [-0.3, -0.25) is 0 Å². The van der Waals surface area contributed by atoms with Crippen LogP contribution in [-0.4, -0.2) is 0 Å². The van der Waals surface area contributed by atoms with E-state index in [0.29, 0.717) is 0 Å². The summed E-state index contributed by atoms with van der Waals surface area (Å²) in [4.78, 5) is 0. The maximum atomic E-state index is 2.17. The van der Waals surface area contributed by atoms with Crippen molar-refractivity contribution in [2.45, 2.75) is 48.5 Å². The van der Waals surface area contributed by atoms with Gasteiger partial charge in [-0.25, -0.2) is 0 Å². The standard InChI is InChI=1S/C6H12.2C2H6/c1-4-5-6(2)3;2*1-2/h4-6H,1-3H3;2*1-2H3. The lowest BCUT2D eigenvalue weighted by atomic mass is 10.2. The van der Waals surface area contributed by atoms with Gasteiger partial charge in [0.2, 0.25) is 0 Å². The molecular weight excluding hydrogens is 120 g/mol. The Morgan fingerprint density at radius 2 is 1.20 bits per heavy atom. The molecule has 0 aliphatic heterocycles. The van der Waals surface area contributed by atoms with Gasteiger partial charge in [0.15, 0.2) is 0 Å². The molecular formula is C10H24. The van der Waals surface area contributed by atoms with E-state index in [1.807, 2.05) is 34.6 Å². The first-order valence-electron chi connectivity index (χ1n) is 4.40. The van der Waals surface area contributed by atoms with Gasteiger partial charge in [0.05, 0.1) is 0 Å². The van der Waals surface area contributed by atoms with Gasteiger partial charge in [-0.05, 0) is 12.8 Å². The average molecular weight is 144 g/mol. The first-order chi connectivity index (χ1) is 4.77. The van der Waals surface area contributed by atoms with Crippen molar-refractivity contribution in [2.75, 3.05) is 0 Å². The highest BCUT2D eigenvalue weighted by atomic mass is 13.8. The zero-order valence-corrected chi connectivity index (χ0v) is 8.73. The molecule has 0 unspecified atom stereocenters. The molecule has 0 nitrogen and oxygen atoms in total. The Labute approximate surface area is 67.3 Å². The first-order valence-corrected chi connectivity index (χ1v) is 4.40. The van der Waals surface area contributed by atoms with Crippen LogP contribution in [0.3, 0.4) is 0 Å². The third kappa shape index (κ3) is 46.8. The second-order valence-corrected chi connectivity index (χ2v) is 1.77. The molecule has 0 heteroatoms. The van der Waals surface area contributed by atoms with Crippen molar-refractivity contribution in [2.24, 2.45) is 5.92 Å². The third-order valence-electron chi connectivity index (χ3n) is 0.577. The zero-order valence-electron chi connectivity index (χ0n) is 8.73. The van der Waals surface area contributed by atoms with Crippen molar-refractivity contribution in [3.05, 3.63) is 12.2 Å². The SMILES string of the molecule is CC.CC.CC=CC(C)C. The minimum atomic E-state index is 0.718. The van der Waals surface area contributed by atoms with Gasteiger partial charge in [-0.15, -0.1) is 0 Å². The van der Waals surface area contributed by atoms with Crippen molar-refractivity contribution in [1.29, 1.82) is 0 Å². The predicted octanol–water partition coefficient (Wildman–Crippen LogP) is 4.27. The topological polar surface area (TPSA) is 0 Å². The van der Waals surface area contributed by atoms with E-state index in [-0.39, 0.29) is 0 Å². The fourth-order valence-corrected chi connectivity index (χ4v) is 0.385. The summed E-state index contributed by atoms with van der Waals surface area (Å²) < 4.78 is 0. The molecule has 0 saturated carbocycles. The highest BCUT2D eigenvalue weighted by molar-refractivity contribution is 4.79. The quantitative estimate of drug-likeness (QED) is 0.482. The van der Waals surface area contributed by atoms with Gasteiger partial charge in [-0.1, -0.05) is 53.7 Å². The summed E-state index contributed by atoms with van der Waals surface area (Å²) in [6.45, 7) is 14.4. The van der Waals surface area contributed by atoms with Gasteiger partial charge in [0.1, 0.15) is 0 Å². The van der Waals surface area contributed by atoms with Crippen LogP contribution in [0, 0.1) is 5.92 Å². The molecule has 0 aromatic heterocycles. The summed E-state index contributed by atoms with van der Waals surface area (Å²) in [7, 11) is 0. The van der Waals surface area contributed by atoms with Gasteiger partial charge < -0.3 is 0 Å². The van der Waals surface area contributed by atoms with Crippen molar-refractivity contribution in [1.82, 2.24) is 0 Å². The molecule has 0 N–H and O–H groups in total. The van der Waals surface area contributed by atoms with Crippen LogP contribution < -0.4 is 0 Å². The van der Waals surface area contributed by atoms with E-state index >= 15 is 0 Å². The number of allylic oxidation sites excluding steroid dienone is 2. The van der Waals surface area contributed by atoms with E-state index in [1.165, 1.54) is 0 Å². The lowest BCUT2D eigenvalue weighted by molar-refractivity contribution is 0.830. The maximum absolute atomic E-state index is 2.17. The Hall–Kier alpha value is -0.260. The molecule has 0 atom stereocenters. The molecule has 10 heavy (non-hydrogen) atoms. The molecule has 0 aliphatic rings. The highest BCUT2D eigenvalue weighted by Crippen LogP contribution is 1.90. The molecule has 0 saturated heterocycles. The molecule has 64 valence electrons. The Kier molecular flexibility index (Phi) is 38.2. The maximum Gasteiger partial charge on any atom is -0.0291 e. The summed E-state index contributed by atoms with van der Waals surface area (Å²) in [6.07, 6.45) is 4.24. The van der Waals surface area contributed by atoms with Crippen LogP contribution in [0.15, 0.2) is 12.2 Å². The predicted molar refractivity (Wildman–Crippen MR) is 52.3 cm³/mol. The zero-order chi connectivity index (χ0) is 8.99. The highest BCUT2D eigenvalue weighted by Gasteiger charge is 1.76. The number of hydrogen-bond donors (Lipinski definition) is 0. The Morgan fingerprint density at radius 3 is 1.20 bits per heavy atom. The fraction of sp³-hybridized carbons (Fsp3) is 0.800. The summed E-state index contributed by atoms with van der Waals surface area (Å²) in [5.41, 5.74) is 0. The van der Waals surface area contributed by atoms with Gasteiger partial charge in [0, 0.05) is 0 Å². The number of rotatable bonds is 1. The van der Waals surface area contributed by atoms with E-state index in [9.17, 15) is 0 Å². The summed E-state index contributed by atoms with van der Waals surface area (Å²) >= 11 is 0. The van der Waals surface area contributed by atoms with E-state index < -0.39 is 0 Å². The van der Waals surface area contributed by atoms with Crippen LogP contribution in [-0.2, 0) is 0 Å². The molecule has 0 bridgehead atoms. The summed E-state index contributed by atoms with van der Waals surface area (Å²) in [5.74, 6) is 0.718. The Balaban J connectivity index is -0.000000105. The molecule has 0 aromatic rings. The second kappa shape index (κ2) is 23.3. The Morgan fingerprint density at radius 1 is 0.900 bits per heavy atom. The van der Waals surface area contributed by atoms with Crippen LogP contribution in [0.1, 0.15) is 48.5 Å². The summed E-state index contributed by atoms with van der Waals surface area (Å²) in [5, 5.41) is 0. The van der Waals surface area contributed by atoms with Crippen LogP contribution in [0.5, 0.6) is 0 Å². The smallest absolute Gasteiger partial charge is 0.0291 e. The van der Waals surface area contributed by atoms with E-state index in [4.69, 9.17) is 0 Å². The normalized spacial score (nSPS) is 8.00. The average Bonchev–Trinajstić information content (AvgIpc) is 1.96. The molecule has 0 fully saturated rings. The van der Waals surface area contributed by atoms with Crippen molar-refractivity contribution in [3.8, 4) is 0 Å².